The number of morpholine rings is 1. The van der Waals surface area contributed by atoms with Gasteiger partial charge in [-0.1, -0.05) is 30.3 Å². The van der Waals surface area contributed by atoms with Gasteiger partial charge < -0.3 is 4.74 Å². The van der Waals surface area contributed by atoms with Gasteiger partial charge in [0.05, 0.1) is 13.2 Å². The Morgan fingerprint density at radius 2 is 1.85 bits per heavy atom. The predicted molar refractivity (Wildman–Crippen MR) is 78.9 cm³/mol. The van der Waals surface area contributed by atoms with Crippen LogP contribution in [0.4, 0.5) is 0 Å². The van der Waals surface area contributed by atoms with E-state index in [1.165, 1.54) is 8.61 Å². The van der Waals surface area contributed by atoms with Gasteiger partial charge in [0.1, 0.15) is 0 Å². The molecule has 0 radical (unpaired) electrons. The van der Waals surface area contributed by atoms with Crippen molar-refractivity contribution in [3.8, 4) is 0 Å². The molecule has 0 bridgehead atoms. The molecule has 1 aromatic rings. The summed E-state index contributed by atoms with van der Waals surface area (Å²) in [6.07, 6.45) is 0. The van der Waals surface area contributed by atoms with Crippen molar-refractivity contribution in [2.45, 2.75) is 6.54 Å². The van der Waals surface area contributed by atoms with E-state index in [1.807, 2.05) is 30.3 Å². The van der Waals surface area contributed by atoms with Crippen LogP contribution in [0.1, 0.15) is 5.56 Å². The largest absolute Gasteiger partial charge is 0.379 e. The van der Waals surface area contributed by atoms with Crippen LogP contribution < -0.4 is 0 Å². The third-order valence-electron chi connectivity index (χ3n) is 3.16. The summed E-state index contributed by atoms with van der Waals surface area (Å²) in [6.45, 7) is 2.33. The van der Waals surface area contributed by atoms with E-state index in [9.17, 15) is 8.42 Å². The lowest BCUT2D eigenvalue weighted by atomic mass is 10.2. The van der Waals surface area contributed by atoms with Gasteiger partial charge >= 0.3 is 0 Å². The summed E-state index contributed by atoms with van der Waals surface area (Å²) in [4.78, 5) is 0. The highest BCUT2D eigenvalue weighted by Gasteiger charge is 2.30. The molecule has 20 heavy (non-hydrogen) atoms. The first-order valence-corrected chi connectivity index (χ1v) is 8.50. The second-order valence-electron chi connectivity index (χ2n) is 4.53. The maximum atomic E-state index is 12.6. The minimum absolute atomic E-state index is 0.274. The van der Waals surface area contributed by atoms with Crippen LogP contribution in [0.25, 0.3) is 0 Å². The molecule has 1 aliphatic rings. The number of hydrogen-bond acceptors (Lipinski definition) is 3. The van der Waals surface area contributed by atoms with Gasteiger partial charge in [0, 0.05) is 32.1 Å². The molecule has 2 rings (SSSR count). The van der Waals surface area contributed by atoms with Crippen LogP contribution in [0.5, 0.6) is 0 Å². The van der Waals surface area contributed by atoms with Crippen LogP contribution in [-0.2, 0) is 21.5 Å². The number of halogens is 1. The van der Waals surface area contributed by atoms with Crippen molar-refractivity contribution in [2.24, 2.45) is 0 Å². The van der Waals surface area contributed by atoms with E-state index in [1.54, 1.807) is 0 Å². The molecular formula is C13H19ClN2O3S. The number of alkyl halides is 1. The van der Waals surface area contributed by atoms with Crippen LogP contribution >= 0.6 is 11.6 Å². The molecule has 1 heterocycles. The minimum Gasteiger partial charge on any atom is -0.379 e. The Morgan fingerprint density at radius 1 is 1.20 bits per heavy atom. The molecule has 1 aliphatic heterocycles. The van der Waals surface area contributed by atoms with Crippen molar-refractivity contribution in [1.29, 1.82) is 0 Å². The first kappa shape index (κ1) is 15.7. The fourth-order valence-electron chi connectivity index (χ4n) is 2.10. The summed E-state index contributed by atoms with van der Waals surface area (Å²) in [5.74, 6) is 0.274. The van der Waals surface area contributed by atoms with Crippen LogP contribution in [-0.4, -0.2) is 55.8 Å². The SMILES string of the molecule is O=S(=O)(N1CCOCC1)N(CCCl)Cc1ccccc1. The summed E-state index contributed by atoms with van der Waals surface area (Å²) in [7, 11) is -3.48. The zero-order chi connectivity index (χ0) is 14.4. The highest BCUT2D eigenvalue weighted by molar-refractivity contribution is 7.86. The van der Waals surface area contributed by atoms with Crippen molar-refractivity contribution < 1.29 is 13.2 Å². The van der Waals surface area contributed by atoms with Gasteiger partial charge in [-0.3, -0.25) is 0 Å². The minimum atomic E-state index is -3.48. The second-order valence-corrected chi connectivity index (χ2v) is 6.83. The fourth-order valence-corrected chi connectivity index (χ4v) is 3.97. The average molecular weight is 319 g/mol. The van der Waals surface area contributed by atoms with Gasteiger partial charge in [-0.2, -0.15) is 17.0 Å². The molecule has 112 valence electrons. The van der Waals surface area contributed by atoms with Crippen LogP contribution in [0.15, 0.2) is 30.3 Å². The van der Waals surface area contributed by atoms with Crippen LogP contribution in [0.3, 0.4) is 0 Å². The van der Waals surface area contributed by atoms with Crippen molar-refractivity contribution in [3.05, 3.63) is 35.9 Å². The molecule has 0 N–H and O–H groups in total. The lowest BCUT2D eigenvalue weighted by Crippen LogP contribution is -2.48. The summed E-state index contributed by atoms with van der Waals surface area (Å²) in [6, 6.07) is 9.53. The van der Waals surface area contributed by atoms with Gasteiger partial charge in [0.2, 0.25) is 0 Å². The Labute approximate surface area is 125 Å². The first-order chi connectivity index (χ1) is 9.64. The number of rotatable bonds is 6. The van der Waals surface area contributed by atoms with E-state index in [0.717, 1.165) is 5.56 Å². The Kier molecular flexibility index (Phi) is 5.80. The standard InChI is InChI=1S/C13H19ClN2O3S/c14-6-7-16(12-13-4-2-1-3-5-13)20(17,18)15-8-10-19-11-9-15/h1-5H,6-12H2. The molecule has 5 nitrogen and oxygen atoms in total. The Bertz CT molecular complexity index is 504. The monoisotopic (exact) mass is 318 g/mol. The number of ether oxygens (including phenoxy) is 1. The highest BCUT2D eigenvalue weighted by atomic mass is 35.5. The molecule has 0 unspecified atom stereocenters. The lowest BCUT2D eigenvalue weighted by Gasteiger charge is -2.31. The topological polar surface area (TPSA) is 49.9 Å². The molecule has 0 atom stereocenters. The smallest absolute Gasteiger partial charge is 0.282 e. The first-order valence-electron chi connectivity index (χ1n) is 6.57. The van der Waals surface area contributed by atoms with Crippen molar-refractivity contribution in [1.82, 2.24) is 8.61 Å². The quantitative estimate of drug-likeness (QED) is 0.743. The molecule has 0 aliphatic carbocycles. The zero-order valence-electron chi connectivity index (χ0n) is 11.2. The Morgan fingerprint density at radius 3 is 2.45 bits per heavy atom. The van der Waals surface area contributed by atoms with Gasteiger partial charge in [-0.25, -0.2) is 0 Å². The number of hydrogen-bond donors (Lipinski definition) is 0. The summed E-state index contributed by atoms with van der Waals surface area (Å²) < 4.78 is 33.3. The molecule has 0 spiro atoms. The number of nitrogens with zero attached hydrogens (tertiary/aromatic N) is 2. The van der Waals surface area contributed by atoms with Crippen molar-refractivity contribution in [3.63, 3.8) is 0 Å². The summed E-state index contributed by atoms with van der Waals surface area (Å²) in [5.41, 5.74) is 0.953. The maximum Gasteiger partial charge on any atom is 0.282 e. The van der Waals surface area contributed by atoms with Crippen molar-refractivity contribution in [2.75, 3.05) is 38.7 Å². The molecule has 1 aromatic carbocycles. The third kappa shape index (κ3) is 3.93. The van der Waals surface area contributed by atoms with E-state index >= 15 is 0 Å². The van der Waals surface area contributed by atoms with Crippen LogP contribution in [0, 0.1) is 0 Å². The van der Waals surface area contributed by atoms with E-state index < -0.39 is 10.2 Å². The normalized spacial score (nSPS) is 17.5. The average Bonchev–Trinajstić information content (AvgIpc) is 2.49. The molecule has 1 saturated heterocycles. The second kappa shape index (κ2) is 7.38. The molecule has 0 aromatic heterocycles. The molecule has 7 heteroatoms. The zero-order valence-corrected chi connectivity index (χ0v) is 12.8. The molecular weight excluding hydrogens is 300 g/mol. The fraction of sp³-hybridized carbons (Fsp3) is 0.538. The third-order valence-corrected chi connectivity index (χ3v) is 5.31. The number of benzene rings is 1. The summed E-state index contributed by atoms with van der Waals surface area (Å²) in [5, 5.41) is 0. The van der Waals surface area contributed by atoms with E-state index in [0.29, 0.717) is 39.4 Å². The molecule has 0 amide bonds. The van der Waals surface area contributed by atoms with Crippen LogP contribution in [0.2, 0.25) is 0 Å². The summed E-state index contributed by atoms with van der Waals surface area (Å²) >= 11 is 5.76. The van der Waals surface area contributed by atoms with Gasteiger partial charge in [0.15, 0.2) is 0 Å². The molecule has 0 saturated carbocycles. The Hall–Kier alpha value is -0.660. The van der Waals surface area contributed by atoms with Gasteiger partial charge in [0.25, 0.3) is 10.2 Å². The van der Waals surface area contributed by atoms with E-state index in [2.05, 4.69) is 0 Å². The highest BCUT2D eigenvalue weighted by Crippen LogP contribution is 2.15. The predicted octanol–water partition coefficient (Wildman–Crippen LogP) is 1.30. The van der Waals surface area contributed by atoms with Gasteiger partial charge in [-0.05, 0) is 5.56 Å². The lowest BCUT2D eigenvalue weighted by molar-refractivity contribution is 0.0701. The maximum absolute atomic E-state index is 12.6. The van der Waals surface area contributed by atoms with Gasteiger partial charge in [-0.15, -0.1) is 11.6 Å². The van der Waals surface area contributed by atoms with Crippen molar-refractivity contribution >= 4 is 21.8 Å². The molecule has 1 fully saturated rings. The Balaban J connectivity index is 2.14. The van der Waals surface area contributed by atoms with E-state index in [4.69, 9.17) is 16.3 Å². The van der Waals surface area contributed by atoms with E-state index in [-0.39, 0.29) is 5.88 Å².